The van der Waals surface area contributed by atoms with E-state index in [1.54, 1.807) is 0 Å². The van der Waals surface area contributed by atoms with E-state index < -0.39 is 5.97 Å². The first-order chi connectivity index (χ1) is 9.81. The number of amides is 2. The number of hydrogen-bond acceptors (Lipinski definition) is 3. The van der Waals surface area contributed by atoms with Crippen LogP contribution in [-0.2, 0) is 4.79 Å². The quantitative estimate of drug-likeness (QED) is 0.647. The summed E-state index contributed by atoms with van der Waals surface area (Å²) in [5.74, 6) is -0.993. The van der Waals surface area contributed by atoms with Gasteiger partial charge in [-0.25, -0.2) is 4.79 Å². The van der Waals surface area contributed by atoms with Crippen LogP contribution in [0.2, 0.25) is 0 Å². The average molecular weight is 301 g/mol. The van der Waals surface area contributed by atoms with Crippen LogP contribution in [0, 0.1) is 0 Å². The standard InChI is InChI=1S/C15H31N3O3/c1-6-17(7-2)10-8-9-13(5)16-15(21)18(12(3)4)11-14(19)20/h12-13H,6-11H2,1-5H3,(H,16,21)(H,19,20). The summed E-state index contributed by atoms with van der Waals surface area (Å²) in [7, 11) is 0. The van der Waals surface area contributed by atoms with Gasteiger partial charge in [0.05, 0.1) is 0 Å². The first-order valence-corrected chi connectivity index (χ1v) is 7.83. The molecule has 0 heterocycles. The van der Waals surface area contributed by atoms with Crippen molar-refractivity contribution in [1.82, 2.24) is 15.1 Å². The first-order valence-electron chi connectivity index (χ1n) is 7.83. The zero-order chi connectivity index (χ0) is 16.4. The average Bonchev–Trinajstić information content (AvgIpc) is 2.40. The fourth-order valence-electron chi connectivity index (χ4n) is 2.16. The lowest BCUT2D eigenvalue weighted by Crippen LogP contribution is -2.49. The predicted octanol–water partition coefficient (Wildman–Crippen LogP) is 2.00. The Morgan fingerprint density at radius 2 is 1.71 bits per heavy atom. The molecule has 0 aliphatic heterocycles. The topological polar surface area (TPSA) is 72.9 Å². The number of rotatable bonds is 10. The van der Waals surface area contributed by atoms with E-state index in [4.69, 9.17) is 5.11 Å². The highest BCUT2D eigenvalue weighted by Gasteiger charge is 2.20. The lowest BCUT2D eigenvalue weighted by molar-refractivity contribution is -0.138. The minimum absolute atomic E-state index is 0.0445. The van der Waals surface area contributed by atoms with Gasteiger partial charge in [-0.05, 0) is 53.2 Å². The van der Waals surface area contributed by atoms with Crippen molar-refractivity contribution >= 4 is 12.0 Å². The maximum Gasteiger partial charge on any atom is 0.323 e. The highest BCUT2D eigenvalue weighted by molar-refractivity contribution is 5.80. The zero-order valence-electron chi connectivity index (χ0n) is 14.1. The molecule has 0 aliphatic rings. The number of aliphatic carboxylic acids is 1. The summed E-state index contributed by atoms with van der Waals surface area (Å²) in [4.78, 5) is 26.6. The Balaban J connectivity index is 4.19. The van der Waals surface area contributed by atoms with E-state index >= 15 is 0 Å². The largest absolute Gasteiger partial charge is 0.480 e. The van der Waals surface area contributed by atoms with E-state index in [2.05, 4.69) is 24.1 Å². The van der Waals surface area contributed by atoms with Crippen LogP contribution in [-0.4, -0.2) is 65.2 Å². The molecule has 0 spiro atoms. The molecule has 2 amide bonds. The van der Waals surface area contributed by atoms with Crippen LogP contribution < -0.4 is 5.32 Å². The van der Waals surface area contributed by atoms with Crippen LogP contribution in [0.4, 0.5) is 4.79 Å². The number of nitrogens with one attached hydrogen (secondary N) is 1. The van der Waals surface area contributed by atoms with E-state index in [0.29, 0.717) is 0 Å². The van der Waals surface area contributed by atoms with Crippen LogP contribution in [0.1, 0.15) is 47.5 Å². The molecule has 0 fully saturated rings. The second-order valence-corrected chi connectivity index (χ2v) is 5.64. The molecule has 0 aromatic carbocycles. The van der Waals surface area contributed by atoms with Gasteiger partial charge in [-0.15, -0.1) is 0 Å². The van der Waals surface area contributed by atoms with E-state index in [9.17, 15) is 9.59 Å². The second-order valence-electron chi connectivity index (χ2n) is 5.64. The molecule has 0 rings (SSSR count). The number of nitrogens with zero attached hydrogens (tertiary/aromatic N) is 2. The first kappa shape index (κ1) is 19.7. The number of carbonyl (C=O) groups is 2. The molecule has 1 unspecified atom stereocenters. The van der Waals surface area contributed by atoms with Crippen molar-refractivity contribution in [2.75, 3.05) is 26.2 Å². The van der Waals surface area contributed by atoms with Gasteiger partial charge in [-0.1, -0.05) is 13.8 Å². The van der Waals surface area contributed by atoms with Gasteiger partial charge in [-0.2, -0.15) is 0 Å². The maximum absolute atomic E-state index is 12.1. The highest BCUT2D eigenvalue weighted by Crippen LogP contribution is 2.03. The summed E-state index contributed by atoms with van der Waals surface area (Å²) in [6.45, 7) is 12.7. The SMILES string of the molecule is CCN(CC)CCCC(C)NC(=O)N(CC(=O)O)C(C)C. The summed E-state index contributed by atoms with van der Waals surface area (Å²) >= 11 is 0. The van der Waals surface area contributed by atoms with Crippen molar-refractivity contribution in [2.24, 2.45) is 0 Å². The molecule has 124 valence electrons. The van der Waals surface area contributed by atoms with Crippen molar-refractivity contribution in [3.05, 3.63) is 0 Å². The van der Waals surface area contributed by atoms with E-state index in [1.807, 2.05) is 20.8 Å². The third kappa shape index (κ3) is 8.55. The summed E-state index contributed by atoms with van der Waals surface area (Å²) < 4.78 is 0. The molecule has 0 saturated carbocycles. The fourth-order valence-corrected chi connectivity index (χ4v) is 2.16. The Labute approximate surface area is 128 Å². The number of hydrogen-bond donors (Lipinski definition) is 2. The third-order valence-corrected chi connectivity index (χ3v) is 3.57. The van der Waals surface area contributed by atoms with Gasteiger partial charge in [0.1, 0.15) is 6.54 Å². The molecule has 0 saturated heterocycles. The monoisotopic (exact) mass is 301 g/mol. The van der Waals surface area contributed by atoms with Gasteiger partial charge < -0.3 is 20.2 Å². The van der Waals surface area contributed by atoms with Gasteiger partial charge >= 0.3 is 12.0 Å². The molecule has 1 atom stereocenters. The van der Waals surface area contributed by atoms with Crippen molar-refractivity contribution in [2.45, 2.75) is 59.5 Å². The predicted molar refractivity (Wildman–Crippen MR) is 84.5 cm³/mol. The molecular formula is C15H31N3O3. The van der Waals surface area contributed by atoms with Crippen molar-refractivity contribution in [3.8, 4) is 0 Å². The number of urea groups is 1. The van der Waals surface area contributed by atoms with Gasteiger partial charge in [0.25, 0.3) is 0 Å². The Bertz CT molecular complexity index is 317. The fraction of sp³-hybridized carbons (Fsp3) is 0.867. The zero-order valence-corrected chi connectivity index (χ0v) is 14.1. The van der Waals surface area contributed by atoms with Crippen LogP contribution in [0.25, 0.3) is 0 Å². The minimum Gasteiger partial charge on any atom is -0.480 e. The minimum atomic E-state index is -0.993. The summed E-state index contributed by atoms with van der Waals surface area (Å²) in [5.41, 5.74) is 0. The van der Waals surface area contributed by atoms with E-state index in [-0.39, 0.29) is 24.7 Å². The molecule has 6 heteroatoms. The smallest absolute Gasteiger partial charge is 0.323 e. The van der Waals surface area contributed by atoms with Crippen molar-refractivity contribution < 1.29 is 14.7 Å². The molecule has 0 aromatic rings. The van der Waals surface area contributed by atoms with E-state index in [0.717, 1.165) is 32.5 Å². The number of carbonyl (C=O) groups excluding carboxylic acids is 1. The molecule has 0 aromatic heterocycles. The van der Waals surface area contributed by atoms with Crippen LogP contribution in [0.3, 0.4) is 0 Å². The molecule has 0 bridgehead atoms. The van der Waals surface area contributed by atoms with Gasteiger partial charge in [0.2, 0.25) is 0 Å². The molecule has 6 nitrogen and oxygen atoms in total. The van der Waals surface area contributed by atoms with Crippen molar-refractivity contribution in [1.29, 1.82) is 0 Å². The maximum atomic E-state index is 12.1. The summed E-state index contributed by atoms with van der Waals surface area (Å²) in [6, 6.07) is -0.394. The van der Waals surface area contributed by atoms with Crippen molar-refractivity contribution in [3.63, 3.8) is 0 Å². The van der Waals surface area contributed by atoms with Crippen LogP contribution in [0.15, 0.2) is 0 Å². The lowest BCUT2D eigenvalue weighted by Gasteiger charge is -2.27. The normalized spacial score (nSPS) is 12.5. The van der Waals surface area contributed by atoms with Crippen LogP contribution >= 0.6 is 0 Å². The lowest BCUT2D eigenvalue weighted by atomic mass is 10.1. The van der Waals surface area contributed by atoms with Gasteiger partial charge in [0, 0.05) is 12.1 Å². The van der Waals surface area contributed by atoms with Crippen LogP contribution in [0.5, 0.6) is 0 Å². The van der Waals surface area contributed by atoms with E-state index in [1.165, 1.54) is 4.90 Å². The molecule has 2 N–H and O–H groups in total. The summed E-state index contributed by atoms with van der Waals surface area (Å²) in [6.07, 6.45) is 1.91. The Morgan fingerprint density at radius 3 is 2.14 bits per heavy atom. The third-order valence-electron chi connectivity index (χ3n) is 3.57. The Morgan fingerprint density at radius 1 is 1.14 bits per heavy atom. The number of carboxylic acids is 1. The molecular weight excluding hydrogens is 270 g/mol. The van der Waals surface area contributed by atoms with Gasteiger partial charge in [-0.3, -0.25) is 4.79 Å². The Kier molecular flexibility index (Phi) is 9.78. The second kappa shape index (κ2) is 10.4. The Hall–Kier alpha value is -1.30. The molecule has 21 heavy (non-hydrogen) atoms. The highest BCUT2D eigenvalue weighted by atomic mass is 16.4. The molecule has 0 aliphatic carbocycles. The molecule has 0 radical (unpaired) electrons. The van der Waals surface area contributed by atoms with Gasteiger partial charge in [0.15, 0.2) is 0 Å². The number of carboxylic acid groups (broad SMARTS) is 1. The summed E-state index contributed by atoms with van der Waals surface area (Å²) in [5, 5.41) is 11.7.